The molecule has 0 radical (unpaired) electrons. The van der Waals surface area contributed by atoms with Crippen molar-refractivity contribution in [3.63, 3.8) is 0 Å². The number of halogens is 1. The second kappa shape index (κ2) is 13.4. The smallest absolute Gasteiger partial charge is 0.240 e. The van der Waals surface area contributed by atoms with Crippen LogP contribution in [0.25, 0.3) is 0 Å². The Morgan fingerprint density at radius 1 is 1.06 bits per heavy atom. The number of hydrogen-bond acceptors (Lipinski definition) is 6. The van der Waals surface area contributed by atoms with E-state index in [-0.39, 0.29) is 24.7 Å². The van der Waals surface area contributed by atoms with Crippen molar-refractivity contribution in [2.45, 2.75) is 33.1 Å². The zero-order chi connectivity index (χ0) is 23.3. The van der Waals surface area contributed by atoms with E-state index in [9.17, 15) is 9.59 Å². The Bertz CT molecular complexity index is 949. The van der Waals surface area contributed by atoms with Gasteiger partial charge in [-0.15, -0.1) is 0 Å². The number of para-hydroxylation sites is 2. The van der Waals surface area contributed by atoms with Gasteiger partial charge >= 0.3 is 0 Å². The van der Waals surface area contributed by atoms with Gasteiger partial charge in [0.1, 0.15) is 5.75 Å². The molecular weight excluding hydrogens is 478 g/mol. The summed E-state index contributed by atoms with van der Waals surface area (Å²) in [6.45, 7) is 4.98. The number of nitrogens with one attached hydrogen (secondary N) is 2. The Labute approximate surface area is 196 Å². The average Bonchev–Trinajstić information content (AvgIpc) is 2.78. The Balaban J connectivity index is 1.89. The van der Waals surface area contributed by atoms with E-state index in [0.29, 0.717) is 36.1 Å². The monoisotopic (exact) mass is 505 g/mol. The molecule has 2 N–H and O–H groups in total. The number of rotatable bonds is 12. The van der Waals surface area contributed by atoms with Gasteiger partial charge in [0.05, 0.1) is 36.7 Å². The lowest BCUT2D eigenvalue weighted by Gasteiger charge is -2.14. The topological polar surface area (TPSA) is 98.2 Å². The Morgan fingerprint density at radius 2 is 1.81 bits per heavy atom. The number of carbonyl (C=O) groups excluding carboxylic acids is 2. The first kappa shape index (κ1) is 25.2. The fourth-order valence-electron chi connectivity index (χ4n) is 2.69. The number of anilines is 1. The molecule has 0 aliphatic rings. The predicted octanol–water partition coefficient (Wildman–Crippen LogP) is 4.51. The molecule has 0 bridgehead atoms. The highest BCUT2D eigenvalue weighted by Gasteiger charge is 2.12. The molecule has 0 atom stereocenters. The summed E-state index contributed by atoms with van der Waals surface area (Å²) in [6.07, 6.45) is 2.40. The van der Waals surface area contributed by atoms with Crippen molar-refractivity contribution in [2.75, 3.05) is 25.6 Å². The zero-order valence-electron chi connectivity index (χ0n) is 18.4. The van der Waals surface area contributed by atoms with Crippen LogP contribution in [0.1, 0.15) is 38.7 Å². The molecule has 2 aromatic rings. The van der Waals surface area contributed by atoms with Crippen LogP contribution in [0.2, 0.25) is 0 Å². The van der Waals surface area contributed by atoms with Crippen LogP contribution in [-0.2, 0) is 9.59 Å². The molecule has 0 aliphatic carbocycles. The van der Waals surface area contributed by atoms with Crippen molar-refractivity contribution < 1.29 is 23.8 Å². The minimum absolute atomic E-state index is 0.00396. The minimum atomic E-state index is -0.372. The van der Waals surface area contributed by atoms with Crippen molar-refractivity contribution in [3.05, 3.63) is 46.4 Å². The van der Waals surface area contributed by atoms with Gasteiger partial charge in [-0.1, -0.05) is 19.1 Å². The van der Waals surface area contributed by atoms with Crippen molar-refractivity contribution in [1.82, 2.24) is 5.43 Å². The van der Waals surface area contributed by atoms with E-state index in [1.807, 2.05) is 26.0 Å². The van der Waals surface area contributed by atoms with Gasteiger partial charge in [-0.3, -0.25) is 9.59 Å². The van der Waals surface area contributed by atoms with Gasteiger partial charge in [-0.05, 0) is 59.1 Å². The number of hydrazone groups is 1. The van der Waals surface area contributed by atoms with Crippen LogP contribution >= 0.6 is 15.9 Å². The summed E-state index contributed by atoms with van der Waals surface area (Å²) in [7, 11) is 1.53. The maximum absolute atomic E-state index is 12.1. The number of nitrogens with zero attached hydrogens (tertiary/aromatic N) is 1. The summed E-state index contributed by atoms with van der Waals surface area (Å²) >= 11 is 3.49. The average molecular weight is 506 g/mol. The van der Waals surface area contributed by atoms with Gasteiger partial charge in [0.25, 0.3) is 0 Å². The van der Waals surface area contributed by atoms with E-state index in [1.54, 1.807) is 24.3 Å². The summed E-state index contributed by atoms with van der Waals surface area (Å²) < 4.78 is 17.3. The van der Waals surface area contributed by atoms with Crippen molar-refractivity contribution >= 4 is 39.6 Å². The van der Waals surface area contributed by atoms with Crippen LogP contribution in [0.5, 0.6) is 17.2 Å². The Morgan fingerprint density at radius 3 is 2.53 bits per heavy atom. The van der Waals surface area contributed by atoms with Crippen LogP contribution in [0.4, 0.5) is 5.69 Å². The van der Waals surface area contributed by atoms with E-state index in [2.05, 4.69) is 31.8 Å². The first-order valence-corrected chi connectivity index (χ1v) is 11.1. The van der Waals surface area contributed by atoms with Gasteiger partial charge in [0.15, 0.2) is 11.5 Å². The van der Waals surface area contributed by atoms with Crippen molar-refractivity contribution in [2.24, 2.45) is 5.10 Å². The van der Waals surface area contributed by atoms with Gasteiger partial charge in [-0.25, -0.2) is 5.43 Å². The molecule has 0 fully saturated rings. The van der Waals surface area contributed by atoms with Crippen LogP contribution in [-0.4, -0.2) is 38.4 Å². The fourth-order valence-corrected chi connectivity index (χ4v) is 3.27. The van der Waals surface area contributed by atoms with Gasteiger partial charge in [0, 0.05) is 12.8 Å². The molecule has 0 spiro atoms. The molecule has 0 unspecified atom stereocenters. The summed E-state index contributed by atoms with van der Waals surface area (Å²) in [4.78, 5) is 24.1. The second-order valence-corrected chi connectivity index (χ2v) is 7.51. The Kier molecular flexibility index (Phi) is 10.5. The van der Waals surface area contributed by atoms with Gasteiger partial charge in [-0.2, -0.15) is 5.10 Å². The number of ether oxygens (including phenoxy) is 3. The summed E-state index contributed by atoms with van der Waals surface area (Å²) in [5.74, 6) is 1.12. The highest BCUT2D eigenvalue weighted by molar-refractivity contribution is 9.10. The lowest BCUT2D eigenvalue weighted by Crippen LogP contribution is -2.20. The normalized spacial score (nSPS) is 10.6. The molecule has 0 aliphatic heterocycles. The molecule has 172 valence electrons. The van der Waals surface area contributed by atoms with E-state index in [0.717, 1.165) is 16.5 Å². The number of amides is 2. The maximum Gasteiger partial charge on any atom is 0.240 e. The molecule has 2 amide bonds. The molecular formula is C23H28BrN3O5. The highest BCUT2D eigenvalue weighted by atomic mass is 79.9. The molecule has 32 heavy (non-hydrogen) atoms. The fraction of sp³-hybridized carbons (Fsp3) is 0.348. The lowest BCUT2D eigenvalue weighted by molar-refractivity contribution is -0.124. The third-order valence-electron chi connectivity index (χ3n) is 4.15. The molecule has 2 aromatic carbocycles. The first-order chi connectivity index (χ1) is 15.5. The predicted molar refractivity (Wildman–Crippen MR) is 128 cm³/mol. The van der Waals surface area contributed by atoms with E-state index in [4.69, 9.17) is 14.2 Å². The molecule has 0 aromatic heterocycles. The third-order valence-corrected chi connectivity index (χ3v) is 4.73. The van der Waals surface area contributed by atoms with Gasteiger partial charge < -0.3 is 19.5 Å². The van der Waals surface area contributed by atoms with Gasteiger partial charge in [0.2, 0.25) is 11.8 Å². The van der Waals surface area contributed by atoms with Crippen LogP contribution in [0, 0.1) is 0 Å². The lowest BCUT2D eigenvalue weighted by atomic mass is 10.2. The molecule has 9 heteroatoms. The minimum Gasteiger partial charge on any atom is -0.495 e. The Hall–Kier alpha value is -3.07. The molecule has 0 saturated carbocycles. The third kappa shape index (κ3) is 7.88. The quantitative estimate of drug-likeness (QED) is 0.326. The number of methoxy groups -OCH3 is 1. The van der Waals surface area contributed by atoms with E-state index >= 15 is 0 Å². The van der Waals surface area contributed by atoms with Crippen molar-refractivity contribution in [3.8, 4) is 17.2 Å². The van der Waals surface area contributed by atoms with E-state index < -0.39 is 0 Å². The van der Waals surface area contributed by atoms with Crippen LogP contribution < -0.4 is 25.0 Å². The van der Waals surface area contributed by atoms with Crippen LogP contribution in [0.15, 0.2) is 46.0 Å². The first-order valence-electron chi connectivity index (χ1n) is 10.3. The second-order valence-electron chi connectivity index (χ2n) is 6.65. The molecule has 8 nitrogen and oxygen atoms in total. The van der Waals surface area contributed by atoms with Crippen LogP contribution in [0.3, 0.4) is 0 Å². The summed E-state index contributed by atoms with van der Waals surface area (Å²) in [5.41, 5.74) is 3.71. The maximum atomic E-state index is 12.1. The highest BCUT2D eigenvalue weighted by Crippen LogP contribution is 2.36. The van der Waals surface area contributed by atoms with E-state index in [1.165, 1.54) is 13.3 Å². The number of hydrogen-bond donors (Lipinski definition) is 2. The standard InChI is InChI=1S/C23H28BrN3O5/c1-4-12-32-23-17(24)13-16(14-20(23)31-5-2)15-25-27-22(29)11-10-21(28)26-18-8-6-7-9-19(18)30-3/h6-9,13-15H,4-5,10-12H2,1-3H3,(H,26,28)(H,27,29). The summed E-state index contributed by atoms with van der Waals surface area (Å²) in [6, 6.07) is 10.7. The molecule has 2 rings (SSSR count). The number of benzene rings is 2. The summed E-state index contributed by atoms with van der Waals surface area (Å²) in [5, 5.41) is 6.70. The number of carbonyl (C=O) groups is 2. The zero-order valence-corrected chi connectivity index (χ0v) is 20.0. The largest absolute Gasteiger partial charge is 0.495 e. The SMILES string of the molecule is CCCOc1c(Br)cc(C=NNC(=O)CCC(=O)Nc2ccccc2OC)cc1OCC. The molecule has 0 heterocycles. The van der Waals surface area contributed by atoms with Crippen molar-refractivity contribution in [1.29, 1.82) is 0 Å². The molecule has 0 saturated heterocycles.